The van der Waals surface area contributed by atoms with E-state index in [9.17, 15) is 5.11 Å². The van der Waals surface area contributed by atoms with Crippen LogP contribution >= 0.6 is 11.6 Å². The minimum atomic E-state index is -0.492. The first-order valence-electron chi connectivity index (χ1n) is 3.87. The van der Waals surface area contributed by atoms with E-state index in [1.807, 2.05) is 12.1 Å². The molecule has 0 fully saturated rings. The van der Waals surface area contributed by atoms with Crippen molar-refractivity contribution in [1.82, 2.24) is 0 Å². The summed E-state index contributed by atoms with van der Waals surface area (Å²) in [6.07, 6.45) is 0.0778. The first-order chi connectivity index (χ1) is 5.74. The molecule has 1 atom stereocenters. The molecule has 0 amide bonds. The van der Waals surface area contributed by atoms with Crippen molar-refractivity contribution >= 4 is 11.6 Å². The Morgan fingerprint density at radius 2 is 2.25 bits per heavy atom. The lowest BCUT2D eigenvalue weighted by atomic mass is 10.1. The molecule has 3 heteroatoms. The van der Waals surface area contributed by atoms with E-state index >= 15 is 0 Å². The number of hydrogen-bond donors (Lipinski definition) is 2. The minimum Gasteiger partial charge on any atom is -0.388 e. The van der Waals surface area contributed by atoms with Gasteiger partial charge in [-0.15, -0.1) is 0 Å². The first-order valence-corrected chi connectivity index (χ1v) is 4.25. The van der Waals surface area contributed by atoms with Gasteiger partial charge in [0.15, 0.2) is 0 Å². The number of benzene rings is 1. The molecule has 1 aromatic rings. The van der Waals surface area contributed by atoms with Crippen LogP contribution in [0.25, 0.3) is 0 Å². The lowest BCUT2D eigenvalue weighted by Crippen LogP contribution is -2.06. The maximum absolute atomic E-state index is 9.51. The summed E-state index contributed by atoms with van der Waals surface area (Å²) < 4.78 is 0. The quantitative estimate of drug-likeness (QED) is 0.754. The van der Waals surface area contributed by atoms with Crippen molar-refractivity contribution < 1.29 is 5.11 Å². The molecule has 0 radical (unpaired) electrons. The van der Waals surface area contributed by atoms with E-state index in [0.717, 1.165) is 5.56 Å². The summed E-state index contributed by atoms with van der Waals surface area (Å²) in [5, 5.41) is 10.1. The second-order valence-electron chi connectivity index (χ2n) is 2.65. The summed E-state index contributed by atoms with van der Waals surface area (Å²) in [4.78, 5) is 0. The van der Waals surface area contributed by atoms with Crippen molar-refractivity contribution in [3.63, 3.8) is 0 Å². The third-order valence-electron chi connectivity index (χ3n) is 1.67. The van der Waals surface area contributed by atoms with Crippen molar-refractivity contribution in [1.29, 1.82) is 0 Å². The van der Waals surface area contributed by atoms with Gasteiger partial charge in [0.25, 0.3) is 0 Å². The molecule has 2 nitrogen and oxygen atoms in total. The fourth-order valence-corrected chi connectivity index (χ4v) is 1.24. The zero-order chi connectivity index (χ0) is 8.97. The number of rotatable bonds is 3. The van der Waals surface area contributed by atoms with E-state index < -0.39 is 6.10 Å². The highest BCUT2D eigenvalue weighted by Crippen LogP contribution is 2.19. The first kappa shape index (κ1) is 9.52. The topological polar surface area (TPSA) is 46.2 Å². The van der Waals surface area contributed by atoms with E-state index in [1.165, 1.54) is 0 Å². The standard InChI is InChI=1S/C9H12ClNO/c10-8-3-1-2-7(6-8)9(12)4-5-11/h1-3,6,9,12H,4-5,11H2. The fourth-order valence-electron chi connectivity index (χ4n) is 1.04. The molecule has 0 spiro atoms. The number of aliphatic hydroxyl groups excluding tert-OH is 1. The van der Waals surface area contributed by atoms with Crippen LogP contribution in [-0.2, 0) is 0 Å². The third-order valence-corrected chi connectivity index (χ3v) is 1.91. The molecular weight excluding hydrogens is 174 g/mol. The van der Waals surface area contributed by atoms with Crippen molar-refractivity contribution in [2.45, 2.75) is 12.5 Å². The predicted octanol–water partition coefficient (Wildman–Crippen LogP) is 1.72. The van der Waals surface area contributed by atoms with Crippen LogP contribution in [0.5, 0.6) is 0 Å². The van der Waals surface area contributed by atoms with Crippen molar-refractivity contribution in [2.75, 3.05) is 6.54 Å². The molecule has 1 rings (SSSR count). The van der Waals surface area contributed by atoms with E-state index in [-0.39, 0.29) is 0 Å². The highest BCUT2D eigenvalue weighted by atomic mass is 35.5. The molecule has 0 aromatic heterocycles. The van der Waals surface area contributed by atoms with Gasteiger partial charge in [0.2, 0.25) is 0 Å². The summed E-state index contributed by atoms with van der Waals surface area (Å²) in [6.45, 7) is 0.480. The molecule has 3 N–H and O–H groups in total. The van der Waals surface area contributed by atoms with E-state index in [0.29, 0.717) is 18.0 Å². The molecule has 0 bridgehead atoms. The van der Waals surface area contributed by atoms with E-state index in [2.05, 4.69) is 0 Å². The highest BCUT2D eigenvalue weighted by Gasteiger charge is 2.05. The van der Waals surface area contributed by atoms with Crippen LogP contribution in [0, 0.1) is 0 Å². The van der Waals surface area contributed by atoms with Crippen molar-refractivity contribution in [2.24, 2.45) is 5.73 Å². The lowest BCUT2D eigenvalue weighted by molar-refractivity contribution is 0.170. The maximum Gasteiger partial charge on any atom is 0.0802 e. The van der Waals surface area contributed by atoms with Gasteiger partial charge in [-0.2, -0.15) is 0 Å². The Hall–Kier alpha value is -0.570. The van der Waals surface area contributed by atoms with Gasteiger partial charge >= 0.3 is 0 Å². The summed E-state index contributed by atoms with van der Waals surface area (Å²) in [7, 11) is 0. The maximum atomic E-state index is 9.51. The smallest absolute Gasteiger partial charge is 0.0802 e. The Balaban J connectivity index is 2.73. The summed E-state index contributed by atoms with van der Waals surface area (Å²) >= 11 is 5.75. The highest BCUT2D eigenvalue weighted by molar-refractivity contribution is 6.30. The van der Waals surface area contributed by atoms with Crippen LogP contribution in [-0.4, -0.2) is 11.7 Å². The SMILES string of the molecule is NCCC(O)c1cccc(Cl)c1. The molecule has 0 aliphatic heterocycles. The average molecular weight is 186 g/mol. The number of nitrogens with two attached hydrogens (primary N) is 1. The molecule has 12 heavy (non-hydrogen) atoms. The van der Waals surface area contributed by atoms with Gasteiger partial charge in [0.05, 0.1) is 6.10 Å². The molecule has 66 valence electrons. The Morgan fingerprint density at radius 1 is 1.50 bits per heavy atom. The monoisotopic (exact) mass is 185 g/mol. The van der Waals surface area contributed by atoms with Crippen LogP contribution in [0.15, 0.2) is 24.3 Å². The average Bonchev–Trinajstić information content (AvgIpc) is 2.05. The van der Waals surface area contributed by atoms with Crippen LogP contribution < -0.4 is 5.73 Å². The van der Waals surface area contributed by atoms with Gasteiger partial charge in [-0.1, -0.05) is 23.7 Å². The van der Waals surface area contributed by atoms with Gasteiger partial charge in [0, 0.05) is 5.02 Å². The molecule has 1 aromatic carbocycles. The molecule has 0 saturated carbocycles. The predicted molar refractivity (Wildman–Crippen MR) is 50.1 cm³/mol. The summed E-state index contributed by atoms with van der Waals surface area (Å²) in [5.74, 6) is 0. The van der Waals surface area contributed by atoms with E-state index in [1.54, 1.807) is 12.1 Å². The van der Waals surface area contributed by atoms with Crippen LogP contribution in [0.4, 0.5) is 0 Å². The normalized spacial score (nSPS) is 12.9. The number of aliphatic hydroxyl groups is 1. The van der Waals surface area contributed by atoms with Gasteiger partial charge in [0.1, 0.15) is 0 Å². The molecule has 0 aliphatic rings. The van der Waals surface area contributed by atoms with Crippen LogP contribution in [0.3, 0.4) is 0 Å². The van der Waals surface area contributed by atoms with E-state index in [4.69, 9.17) is 17.3 Å². The molecular formula is C9H12ClNO. The molecule has 0 saturated heterocycles. The molecule has 0 aliphatic carbocycles. The van der Waals surface area contributed by atoms with Crippen molar-refractivity contribution in [3.05, 3.63) is 34.9 Å². The van der Waals surface area contributed by atoms with Gasteiger partial charge in [-0.25, -0.2) is 0 Å². The van der Waals surface area contributed by atoms with Crippen LogP contribution in [0.2, 0.25) is 5.02 Å². The van der Waals surface area contributed by atoms with Gasteiger partial charge in [-0.05, 0) is 30.7 Å². The lowest BCUT2D eigenvalue weighted by Gasteiger charge is -2.08. The zero-order valence-corrected chi connectivity index (χ0v) is 7.46. The number of hydrogen-bond acceptors (Lipinski definition) is 2. The Kier molecular flexibility index (Phi) is 3.53. The zero-order valence-electron chi connectivity index (χ0n) is 6.70. The second-order valence-corrected chi connectivity index (χ2v) is 3.08. The third kappa shape index (κ3) is 2.48. The van der Waals surface area contributed by atoms with Gasteiger partial charge < -0.3 is 10.8 Å². The van der Waals surface area contributed by atoms with Crippen LogP contribution in [0.1, 0.15) is 18.1 Å². The summed E-state index contributed by atoms with van der Waals surface area (Å²) in [6, 6.07) is 7.19. The Labute approximate surface area is 77.0 Å². The number of halogens is 1. The Bertz CT molecular complexity index is 252. The molecule has 0 heterocycles. The largest absolute Gasteiger partial charge is 0.388 e. The van der Waals surface area contributed by atoms with Gasteiger partial charge in [-0.3, -0.25) is 0 Å². The summed E-state index contributed by atoms with van der Waals surface area (Å²) in [5.41, 5.74) is 6.14. The minimum absolute atomic E-state index is 0.480. The second kappa shape index (κ2) is 4.45. The molecule has 1 unspecified atom stereocenters. The Morgan fingerprint density at radius 3 is 2.83 bits per heavy atom. The fraction of sp³-hybridized carbons (Fsp3) is 0.333. The van der Waals surface area contributed by atoms with Crippen molar-refractivity contribution in [3.8, 4) is 0 Å².